The normalized spacial score (nSPS) is 11.6. The van der Waals surface area contributed by atoms with Gasteiger partial charge in [-0.2, -0.15) is 0 Å². The molecule has 0 spiro atoms. The smallest absolute Gasteiger partial charge is 0.252 e. The van der Waals surface area contributed by atoms with E-state index in [1.54, 1.807) is 13.2 Å². The summed E-state index contributed by atoms with van der Waals surface area (Å²) in [6, 6.07) is 11.2. The van der Waals surface area contributed by atoms with Crippen LogP contribution in [0.4, 0.5) is 5.69 Å². The van der Waals surface area contributed by atoms with Crippen LogP contribution >= 0.6 is 0 Å². The molecule has 0 aromatic heterocycles. The van der Waals surface area contributed by atoms with Gasteiger partial charge in [0.2, 0.25) is 11.8 Å². The predicted molar refractivity (Wildman–Crippen MR) is 161 cm³/mol. The topological polar surface area (TPSA) is 115 Å². The van der Waals surface area contributed by atoms with Crippen molar-refractivity contribution in [3.8, 4) is 11.1 Å². The number of ether oxygens (including phenoxy) is 3. The van der Waals surface area contributed by atoms with Crippen LogP contribution in [-0.2, 0) is 23.8 Å². The third-order valence-corrected chi connectivity index (χ3v) is 6.72. The second kappa shape index (κ2) is 17.3. The Labute approximate surface area is 243 Å². The molecule has 2 aromatic rings. The Balaban J connectivity index is 1.50. The fourth-order valence-electron chi connectivity index (χ4n) is 4.59. The Morgan fingerprint density at radius 1 is 0.780 bits per heavy atom. The average Bonchev–Trinajstić information content (AvgIpc) is 3.25. The molecule has 1 aliphatic rings. The van der Waals surface area contributed by atoms with Gasteiger partial charge in [0, 0.05) is 69.7 Å². The van der Waals surface area contributed by atoms with Crippen LogP contribution in [0.15, 0.2) is 43.0 Å². The number of benzene rings is 2. The molecule has 3 N–H and O–H groups in total. The molecule has 41 heavy (non-hydrogen) atoms. The summed E-state index contributed by atoms with van der Waals surface area (Å²) in [6.07, 6.45) is 3.87. The van der Waals surface area contributed by atoms with Gasteiger partial charge in [0.15, 0.2) is 0 Å². The lowest BCUT2D eigenvalue weighted by Gasteiger charge is -2.11. The van der Waals surface area contributed by atoms with E-state index in [1.165, 1.54) is 0 Å². The van der Waals surface area contributed by atoms with Gasteiger partial charge in [-0.15, -0.1) is 0 Å². The quantitative estimate of drug-likeness (QED) is 0.184. The lowest BCUT2D eigenvalue weighted by atomic mass is 9.98. The van der Waals surface area contributed by atoms with Crippen molar-refractivity contribution in [2.75, 3.05) is 58.6 Å². The van der Waals surface area contributed by atoms with Gasteiger partial charge in [0.05, 0.1) is 13.2 Å². The van der Waals surface area contributed by atoms with Crippen molar-refractivity contribution < 1.29 is 28.6 Å². The molecule has 0 radical (unpaired) electrons. The standard InChI is InChI=1S/C32H43N3O6/c1-4-5-18-40-20-15-33-29(36)11-7-12-30(37)35-24-13-14-26-28(22-24)23(2)25-9-6-10-27(31(25)26)32(38)34-16-21-41-19-8-17-39-3/h6,9-10,13-14,22H,2,4-5,7-8,11-12,15-21H2,1,3H3,(H,33,36)(H,34,38)(H,35,37). The molecular formula is C32H43N3O6. The first-order valence-corrected chi connectivity index (χ1v) is 14.4. The van der Waals surface area contributed by atoms with E-state index in [9.17, 15) is 14.4 Å². The highest BCUT2D eigenvalue weighted by atomic mass is 16.5. The summed E-state index contributed by atoms with van der Waals surface area (Å²) in [7, 11) is 1.65. The second-order valence-corrected chi connectivity index (χ2v) is 9.90. The van der Waals surface area contributed by atoms with Crippen LogP contribution < -0.4 is 16.0 Å². The summed E-state index contributed by atoms with van der Waals surface area (Å²) in [6.45, 7) is 10.1. The van der Waals surface area contributed by atoms with Gasteiger partial charge in [-0.1, -0.05) is 38.1 Å². The molecule has 0 bridgehead atoms. The SMILES string of the molecule is C=C1c2cc(NC(=O)CCCC(=O)NCCOCCCC)ccc2-c2c1cccc2C(=O)NCCOCCCOC. The van der Waals surface area contributed by atoms with Gasteiger partial charge in [-0.05, 0) is 59.7 Å². The second-order valence-electron chi connectivity index (χ2n) is 9.90. The number of anilines is 1. The largest absolute Gasteiger partial charge is 0.385 e. The highest BCUT2D eigenvalue weighted by molar-refractivity contribution is 6.10. The molecule has 3 rings (SSSR count). The van der Waals surface area contributed by atoms with Gasteiger partial charge in [0.1, 0.15) is 0 Å². The van der Waals surface area contributed by atoms with E-state index in [4.69, 9.17) is 14.2 Å². The maximum atomic E-state index is 13.0. The summed E-state index contributed by atoms with van der Waals surface area (Å²) >= 11 is 0. The van der Waals surface area contributed by atoms with Crippen molar-refractivity contribution in [3.63, 3.8) is 0 Å². The first-order chi connectivity index (χ1) is 20.0. The van der Waals surface area contributed by atoms with Crippen molar-refractivity contribution in [2.24, 2.45) is 0 Å². The summed E-state index contributed by atoms with van der Waals surface area (Å²) in [5, 5.41) is 8.67. The van der Waals surface area contributed by atoms with E-state index in [1.807, 2.05) is 30.3 Å². The number of nitrogens with one attached hydrogen (secondary N) is 3. The van der Waals surface area contributed by atoms with Crippen molar-refractivity contribution >= 4 is 29.0 Å². The molecule has 0 atom stereocenters. The van der Waals surface area contributed by atoms with Gasteiger partial charge >= 0.3 is 0 Å². The van der Waals surface area contributed by atoms with Gasteiger partial charge in [0.25, 0.3) is 5.91 Å². The fraction of sp³-hybridized carbons (Fsp3) is 0.469. The third kappa shape index (κ3) is 9.81. The van der Waals surface area contributed by atoms with E-state index >= 15 is 0 Å². The minimum absolute atomic E-state index is 0.0853. The van der Waals surface area contributed by atoms with Gasteiger partial charge in [-0.25, -0.2) is 0 Å². The minimum Gasteiger partial charge on any atom is -0.385 e. The van der Waals surface area contributed by atoms with E-state index in [-0.39, 0.29) is 30.6 Å². The highest BCUT2D eigenvalue weighted by Crippen LogP contribution is 2.46. The molecule has 2 aromatic carbocycles. The zero-order valence-electron chi connectivity index (χ0n) is 24.3. The van der Waals surface area contributed by atoms with Crippen LogP contribution in [0.5, 0.6) is 0 Å². The molecular weight excluding hydrogens is 522 g/mol. The number of rotatable bonds is 19. The summed E-state index contributed by atoms with van der Waals surface area (Å²) < 4.78 is 16.0. The van der Waals surface area contributed by atoms with Gasteiger partial charge < -0.3 is 30.2 Å². The Hall–Kier alpha value is -3.53. The summed E-state index contributed by atoms with van der Waals surface area (Å²) in [4.78, 5) is 37.6. The molecule has 0 saturated carbocycles. The first-order valence-electron chi connectivity index (χ1n) is 14.4. The molecule has 0 aliphatic heterocycles. The van der Waals surface area contributed by atoms with Crippen LogP contribution in [0.3, 0.4) is 0 Å². The van der Waals surface area contributed by atoms with E-state index in [0.29, 0.717) is 63.8 Å². The Kier molecular flexibility index (Phi) is 13.5. The number of unbranched alkanes of at least 4 members (excludes halogenated alkanes) is 1. The number of methoxy groups -OCH3 is 1. The minimum atomic E-state index is -0.173. The molecule has 0 heterocycles. The summed E-state index contributed by atoms with van der Waals surface area (Å²) in [5.74, 6) is -0.419. The molecule has 0 fully saturated rings. The van der Waals surface area contributed by atoms with Crippen LogP contribution in [0.25, 0.3) is 16.7 Å². The lowest BCUT2D eigenvalue weighted by Crippen LogP contribution is -2.28. The number of fused-ring (bicyclic) bond motifs is 3. The van der Waals surface area contributed by atoms with Crippen LogP contribution in [0.1, 0.15) is 66.9 Å². The molecule has 0 unspecified atom stereocenters. The van der Waals surface area contributed by atoms with E-state index < -0.39 is 0 Å². The maximum Gasteiger partial charge on any atom is 0.252 e. The zero-order chi connectivity index (χ0) is 29.5. The Bertz CT molecular complexity index is 1200. The van der Waals surface area contributed by atoms with Crippen molar-refractivity contribution in [2.45, 2.75) is 45.4 Å². The predicted octanol–water partition coefficient (Wildman–Crippen LogP) is 4.55. The van der Waals surface area contributed by atoms with E-state index in [0.717, 1.165) is 47.1 Å². The molecule has 9 heteroatoms. The molecule has 0 saturated heterocycles. The molecule has 1 aliphatic carbocycles. The monoisotopic (exact) mass is 565 g/mol. The van der Waals surface area contributed by atoms with Crippen molar-refractivity contribution in [1.29, 1.82) is 0 Å². The Morgan fingerprint density at radius 2 is 1.51 bits per heavy atom. The average molecular weight is 566 g/mol. The zero-order valence-corrected chi connectivity index (χ0v) is 24.3. The Morgan fingerprint density at radius 3 is 2.27 bits per heavy atom. The number of carbonyl (C=O) groups is 3. The van der Waals surface area contributed by atoms with Gasteiger partial charge in [-0.3, -0.25) is 14.4 Å². The third-order valence-electron chi connectivity index (χ3n) is 6.72. The van der Waals surface area contributed by atoms with Crippen LogP contribution in [0, 0.1) is 0 Å². The first kappa shape index (κ1) is 32.0. The number of amides is 3. The molecule has 9 nitrogen and oxygen atoms in total. The van der Waals surface area contributed by atoms with Crippen molar-refractivity contribution in [1.82, 2.24) is 10.6 Å². The fourth-order valence-corrected chi connectivity index (χ4v) is 4.59. The van der Waals surface area contributed by atoms with E-state index in [2.05, 4.69) is 29.5 Å². The van der Waals surface area contributed by atoms with Crippen LogP contribution in [-0.4, -0.2) is 71.0 Å². The molecule has 3 amide bonds. The number of hydrogen-bond donors (Lipinski definition) is 3. The number of hydrogen-bond acceptors (Lipinski definition) is 6. The lowest BCUT2D eigenvalue weighted by molar-refractivity contribution is -0.121. The molecule has 222 valence electrons. The maximum absolute atomic E-state index is 13.0. The number of carbonyl (C=O) groups excluding carboxylic acids is 3. The summed E-state index contributed by atoms with van der Waals surface area (Å²) in [5.41, 5.74) is 5.54. The van der Waals surface area contributed by atoms with Crippen molar-refractivity contribution in [3.05, 3.63) is 59.7 Å². The highest BCUT2D eigenvalue weighted by Gasteiger charge is 2.27. The van der Waals surface area contributed by atoms with Crippen LogP contribution in [0.2, 0.25) is 0 Å².